The van der Waals surface area contributed by atoms with Gasteiger partial charge in [0.1, 0.15) is 6.10 Å². The molecule has 0 bridgehead atoms. The number of hydrogen-bond acceptors (Lipinski definition) is 5. The van der Waals surface area contributed by atoms with E-state index in [4.69, 9.17) is 4.74 Å². The Labute approximate surface area is 370 Å². The molecular weight excluding hydrogens is 743 g/mol. The second-order valence-corrected chi connectivity index (χ2v) is 16.5. The van der Waals surface area contributed by atoms with Crippen LogP contribution in [0, 0.1) is 0 Å². The highest BCUT2D eigenvalue weighted by atomic mass is 16.5. The lowest BCUT2D eigenvalue weighted by molar-refractivity contribution is -0.151. The molecule has 60 heavy (non-hydrogen) atoms. The van der Waals surface area contributed by atoms with Crippen LogP contribution in [0.15, 0.2) is 85.1 Å². The van der Waals surface area contributed by atoms with Crippen molar-refractivity contribution in [2.45, 2.75) is 238 Å². The van der Waals surface area contributed by atoms with Crippen LogP contribution in [0.2, 0.25) is 0 Å². The van der Waals surface area contributed by atoms with Gasteiger partial charge in [-0.05, 0) is 96.3 Å². The molecule has 0 aliphatic rings. The van der Waals surface area contributed by atoms with Gasteiger partial charge < -0.3 is 20.3 Å². The molecule has 0 rings (SSSR count). The SMILES string of the molecule is CC/C=C/C/C=C/C/C=C/CCCCCCC(=O)OC(CCC/C=C\C/C=C\C/C=C\C/C=C\CCCCC)CC(=O)NC(CO)C(O)CCCCCCCCCCCC. The van der Waals surface area contributed by atoms with Crippen molar-refractivity contribution in [2.24, 2.45) is 0 Å². The predicted octanol–water partition coefficient (Wildman–Crippen LogP) is 14.8. The molecule has 0 fully saturated rings. The molecule has 0 spiro atoms. The van der Waals surface area contributed by atoms with Crippen molar-refractivity contribution in [1.29, 1.82) is 0 Å². The second kappa shape index (κ2) is 47.1. The van der Waals surface area contributed by atoms with Crippen LogP contribution < -0.4 is 5.32 Å². The Morgan fingerprint density at radius 3 is 1.43 bits per heavy atom. The van der Waals surface area contributed by atoms with Gasteiger partial charge in [0.15, 0.2) is 0 Å². The average Bonchev–Trinajstić information content (AvgIpc) is 3.24. The summed E-state index contributed by atoms with van der Waals surface area (Å²) in [6, 6.07) is -0.727. The number of amides is 1. The minimum atomic E-state index is -0.809. The summed E-state index contributed by atoms with van der Waals surface area (Å²) < 4.78 is 5.89. The van der Waals surface area contributed by atoms with Gasteiger partial charge in [-0.2, -0.15) is 0 Å². The summed E-state index contributed by atoms with van der Waals surface area (Å²) >= 11 is 0. The van der Waals surface area contributed by atoms with Crippen molar-refractivity contribution in [1.82, 2.24) is 5.32 Å². The van der Waals surface area contributed by atoms with Gasteiger partial charge in [0.05, 0.1) is 25.2 Å². The minimum Gasteiger partial charge on any atom is -0.462 e. The number of carbonyl (C=O) groups is 2. The van der Waals surface area contributed by atoms with Crippen LogP contribution in [0.1, 0.15) is 220 Å². The van der Waals surface area contributed by atoms with Crippen molar-refractivity contribution in [2.75, 3.05) is 6.61 Å². The summed E-state index contributed by atoms with van der Waals surface area (Å²) in [5.41, 5.74) is 0. The van der Waals surface area contributed by atoms with Gasteiger partial charge in [0.2, 0.25) is 5.91 Å². The van der Waals surface area contributed by atoms with E-state index in [1.807, 2.05) is 0 Å². The first-order chi connectivity index (χ1) is 29.5. The van der Waals surface area contributed by atoms with Crippen LogP contribution in [0.5, 0.6) is 0 Å². The molecule has 1 amide bonds. The van der Waals surface area contributed by atoms with E-state index < -0.39 is 18.2 Å². The molecule has 0 saturated heterocycles. The zero-order valence-electron chi connectivity index (χ0n) is 39.1. The summed E-state index contributed by atoms with van der Waals surface area (Å²) in [5.74, 6) is -0.561. The fourth-order valence-electron chi connectivity index (χ4n) is 6.96. The third kappa shape index (κ3) is 41.8. The number of unbranched alkanes of at least 4 members (excludes halogenated alkanes) is 17. The molecule has 0 saturated carbocycles. The third-order valence-electron chi connectivity index (χ3n) is 10.7. The number of aliphatic hydroxyl groups is 2. The molecule has 0 aromatic rings. The van der Waals surface area contributed by atoms with Crippen molar-refractivity contribution in [3.63, 3.8) is 0 Å². The van der Waals surface area contributed by atoms with Crippen molar-refractivity contribution in [3.05, 3.63) is 85.1 Å². The topological polar surface area (TPSA) is 95.9 Å². The van der Waals surface area contributed by atoms with Crippen LogP contribution in [0.4, 0.5) is 0 Å². The zero-order chi connectivity index (χ0) is 43.8. The van der Waals surface area contributed by atoms with E-state index >= 15 is 0 Å². The predicted molar refractivity (Wildman–Crippen MR) is 259 cm³/mol. The molecule has 0 heterocycles. The van der Waals surface area contributed by atoms with E-state index in [1.54, 1.807) is 0 Å². The van der Waals surface area contributed by atoms with Gasteiger partial charge in [0, 0.05) is 6.42 Å². The lowest BCUT2D eigenvalue weighted by Crippen LogP contribution is -2.46. The van der Waals surface area contributed by atoms with Crippen LogP contribution in [-0.2, 0) is 14.3 Å². The Balaban J connectivity index is 4.76. The van der Waals surface area contributed by atoms with Crippen molar-refractivity contribution in [3.8, 4) is 0 Å². The summed E-state index contributed by atoms with van der Waals surface area (Å²) in [5, 5.41) is 23.7. The first-order valence-corrected chi connectivity index (χ1v) is 24.8. The highest BCUT2D eigenvalue weighted by molar-refractivity contribution is 5.77. The number of rotatable bonds is 43. The fourth-order valence-corrected chi connectivity index (χ4v) is 6.96. The van der Waals surface area contributed by atoms with Crippen LogP contribution in [-0.4, -0.2) is 46.9 Å². The number of allylic oxidation sites excluding steroid dienone is 14. The van der Waals surface area contributed by atoms with Gasteiger partial charge in [-0.3, -0.25) is 9.59 Å². The molecule has 6 heteroatoms. The Bertz CT molecular complexity index is 1160. The monoisotopic (exact) mass is 836 g/mol. The molecule has 344 valence electrons. The van der Waals surface area contributed by atoms with Crippen LogP contribution in [0.25, 0.3) is 0 Å². The molecule has 0 aliphatic carbocycles. The molecule has 3 N–H and O–H groups in total. The number of nitrogens with one attached hydrogen (secondary N) is 1. The molecule has 0 aromatic heterocycles. The quantitative estimate of drug-likeness (QED) is 0.0323. The number of esters is 1. The van der Waals surface area contributed by atoms with Crippen LogP contribution in [0.3, 0.4) is 0 Å². The van der Waals surface area contributed by atoms with E-state index in [9.17, 15) is 19.8 Å². The molecule has 0 radical (unpaired) electrons. The first-order valence-electron chi connectivity index (χ1n) is 24.8. The molecule has 0 aliphatic heterocycles. The maximum Gasteiger partial charge on any atom is 0.306 e. The van der Waals surface area contributed by atoms with E-state index in [1.165, 1.54) is 70.6 Å². The minimum absolute atomic E-state index is 0.0266. The van der Waals surface area contributed by atoms with Gasteiger partial charge in [-0.15, -0.1) is 0 Å². The first kappa shape index (κ1) is 57.0. The Kier molecular flexibility index (Phi) is 44.8. The Morgan fingerprint density at radius 1 is 0.500 bits per heavy atom. The lowest BCUT2D eigenvalue weighted by atomic mass is 10.0. The molecule has 0 aromatic carbocycles. The molecule has 3 atom stereocenters. The molecular formula is C54H93NO5. The van der Waals surface area contributed by atoms with Crippen molar-refractivity contribution >= 4 is 11.9 Å². The van der Waals surface area contributed by atoms with E-state index in [2.05, 4.69) is 111 Å². The number of ether oxygens (including phenoxy) is 1. The van der Waals surface area contributed by atoms with E-state index in [0.717, 1.165) is 103 Å². The molecule has 3 unspecified atom stereocenters. The lowest BCUT2D eigenvalue weighted by Gasteiger charge is -2.24. The van der Waals surface area contributed by atoms with Gasteiger partial charge in [0.25, 0.3) is 0 Å². The van der Waals surface area contributed by atoms with Gasteiger partial charge in [-0.1, -0.05) is 196 Å². The summed E-state index contributed by atoms with van der Waals surface area (Å²) in [7, 11) is 0. The van der Waals surface area contributed by atoms with Crippen LogP contribution >= 0.6 is 0 Å². The zero-order valence-corrected chi connectivity index (χ0v) is 39.1. The third-order valence-corrected chi connectivity index (χ3v) is 10.7. The standard InChI is InChI=1S/C54H93NO5/c1-4-7-10-13-16-19-22-24-26-27-28-29-31-33-36-39-42-45-50(60-54(59)47-44-41-38-35-32-30-25-23-20-17-14-11-8-5-2)48-53(58)55-51(49-56)52(57)46-43-40-37-34-21-18-15-12-9-6-3/h8,11,16-17,19-20,24-26,28-30,33,36,50-52,56-57H,4-7,9-10,12-15,18,21-23,27,31-32,34-35,37-49H2,1-3H3,(H,55,58)/b11-8+,19-16-,20-17+,26-24-,29-28-,30-25+,36-33-. The Morgan fingerprint density at radius 2 is 0.917 bits per heavy atom. The highest BCUT2D eigenvalue weighted by Gasteiger charge is 2.24. The number of carbonyl (C=O) groups excluding carboxylic acids is 2. The largest absolute Gasteiger partial charge is 0.462 e. The van der Waals surface area contributed by atoms with E-state index in [0.29, 0.717) is 19.3 Å². The maximum atomic E-state index is 13.2. The fraction of sp³-hybridized carbons (Fsp3) is 0.704. The van der Waals surface area contributed by atoms with Crippen molar-refractivity contribution < 1.29 is 24.5 Å². The normalized spacial score (nSPS) is 14.0. The molecule has 6 nitrogen and oxygen atoms in total. The number of hydrogen-bond donors (Lipinski definition) is 3. The maximum absolute atomic E-state index is 13.2. The smallest absolute Gasteiger partial charge is 0.306 e. The second-order valence-electron chi connectivity index (χ2n) is 16.5. The summed E-state index contributed by atoms with van der Waals surface area (Å²) in [4.78, 5) is 26.1. The Hall–Kier alpha value is -2.96. The summed E-state index contributed by atoms with van der Waals surface area (Å²) in [6.07, 6.45) is 60.7. The summed E-state index contributed by atoms with van der Waals surface area (Å²) in [6.45, 7) is 6.30. The number of aliphatic hydroxyl groups excluding tert-OH is 2. The van der Waals surface area contributed by atoms with Gasteiger partial charge >= 0.3 is 5.97 Å². The average molecular weight is 836 g/mol. The van der Waals surface area contributed by atoms with Gasteiger partial charge in [-0.25, -0.2) is 0 Å². The highest BCUT2D eigenvalue weighted by Crippen LogP contribution is 2.16. The van der Waals surface area contributed by atoms with E-state index in [-0.39, 0.29) is 24.9 Å².